The standard InChI is InChI=1S/C7H13NO3/c1-4(2)3-5-6(9)11-7(10)8-5/h4-5,7-8,10H,3H2,1-2H3. The van der Waals surface area contributed by atoms with E-state index in [4.69, 9.17) is 5.11 Å². The van der Waals surface area contributed by atoms with Gasteiger partial charge in [0.15, 0.2) is 0 Å². The fourth-order valence-electron chi connectivity index (χ4n) is 1.10. The molecule has 0 saturated carbocycles. The molecule has 1 aliphatic rings. The number of aliphatic hydroxyl groups excluding tert-OH is 1. The number of nitrogens with one attached hydrogen (secondary N) is 1. The van der Waals surface area contributed by atoms with Crippen molar-refractivity contribution in [2.45, 2.75) is 32.7 Å². The van der Waals surface area contributed by atoms with Crippen LogP contribution in [0.3, 0.4) is 0 Å². The predicted molar refractivity (Wildman–Crippen MR) is 38.5 cm³/mol. The summed E-state index contributed by atoms with van der Waals surface area (Å²) >= 11 is 0. The molecular formula is C7H13NO3. The first-order valence-electron chi connectivity index (χ1n) is 3.74. The third-order valence-corrected chi connectivity index (χ3v) is 1.56. The first kappa shape index (κ1) is 8.49. The van der Waals surface area contributed by atoms with Gasteiger partial charge in [0, 0.05) is 0 Å². The van der Waals surface area contributed by atoms with Crippen molar-refractivity contribution in [2.24, 2.45) is 5.92 Å². The van der Waals surface area contributed by atoms with Gasteiger partial charge >= 0.3 is 5.97 Å². The fraction of sp³-hybridized carbons (Fsp3) is 0.857. The molecule has 0 aromatic carbocycles. The van der Waals surface area contributed by atoms with Gasteiger partial charge in [-0.3, -0.25) is 4.79 Å². The monoisotopic (exact) mass is 159 g/mol. The summed E-state index contributed by atoms with van der Waals surface area (Å²) < 4.78 is 4.48. The molecule has 1 aliphatic heterocycles. The SMILES string of the molecule is CC(C)CC1NC(O)OC1=O. The maximum absolute atomic E-state index is 10.9. The molecule has 0 bridgehead atoms. The average molecular weight is 159 g/mol. The van der Waals surface area contributed by atoms with Gasteiger partial charge in [0.2, 0.25) is 0 Å². The van der Waals surface area contributed by atoms with E-state index in [1.165, 1.54) is 0 Å². The topological polar surface area (TPSA) is 58.6 Å². The van der Waals surface area contributed by atoms with E-state index in [-0.39, 0.29) is 12.0 Å². The van der Waals surface area contributed by atoms with Gasteiger partial charge in [-0.2, -0.15) is 0 Å². The molecular weight excluding hydrogens is 146 g/mol. The van der Waals surface area contributed by atoms with E-state index in [0.29, 0.717) is 12.3 Å². The lowest BCUT2D eigenvalue weighted by Gasteiger charge is -2.07. The molecule has 2 N–H and O–H groups in total. The Balaban J connectivity index is 2.41. The van der Waals surface area contributed by atoms with Gasteiger partial charge in [-0.25, -0.2) is 5.32 Å². The zero-order valence-corrected chi connectivity index (χ0v) is 6.70. The molecule has 0 radical (unpaired) electrons. The number of esters is 1. The Morgan fingerprint density at radius 1 is 1.73 bits per heavy atom. The van der Waals surface area contributed by atoms with Crippen LogP contribution in [0.4, 0.5) is 0 Å². The molecule has 2 unspecified atom stereocenters. The van der Waals surface area contributed by atoms with E-state index >= 15 is 0 Å². The molecule has 0 aromatic rings. The van der Waals surface area contributed by atoms with Crippen molar-refractivity contribution in [1.29, 1.82) is 0 Å². The van der Waals surface area contributed by atoms with Crippen LogP contribution >= 0.6 is 0 Å². The van der Waals surface area contributed by atoms with Crippen LogP contribution < -0.4 is 5.32 Å². The number of hydrogen-bond donors (Lipinski definition) is 2. The summed E-state index contributed by atoms with van der Waals surface area (Å²) in [4.78, 5) is 10.9. The molecule has 0 aliphatic carbocycles. The molecule has 1 saturated heterocycles. The van der Waals surface area contributed by atoms with Crippen molar-refractivity contribution in [1.82, 2.24) is 5.32 Å². The first-order chi connectivity index (χ1) is 5.09. The molecule has 4 nitrogen and oxygen atoms in total. The van der Waals surface area contributed by atoms with Crippen LogP contribution in [0.25, 0.3) is 0 Å². The van der Waals surface area contributed by atoms with Gasteiger partial charge in [-0.15, -0.1) is 0 Å². The molecule has 0 aromatic heterocycles. The second kappa shape index (κ2) is 3.19. The maximum atomic E-state index is 10.9. The smallest absolute Gasteiger partial charge is 0.326 e. The summed E-state index contributed by atoms with van der Waals surface area (Å²) in [6, 6.07) is -0.329. The van der Waals surface area contributed by atoms with E-state index in [2.05, 4.69) is 10.1 Å². The lowest BCUT2D eigenvalue weighted by molar-refractivity contribution is -0.155. The van der Waals surface area contributed by atoms with E-state index < -0.39 is 6.41 Å². The number of cyclic esters (lactones) is 1. The second-order valence-corrected chi connectivity index (χ2v) is 3.14. The summed E-state index contributed by atoms with van der Waals surface area (Å²) in [6.45, 7) is 4.03. The molecule has 1 rings (SSSR count). The summed E-state index contributed by atoms with van der Waals surface area (Å²) in [6.07, 6.45) is -0.401. The second-order valence-electron chi connectivity index (χ2n) is 3.14. The van der Waals surface area contributed by atoms with Crippen molar-refractivity contribution >= 4 is 5.97 Å². The molecule has 1 fully saturated rings. The Morgan fingerprint density at radius 3 is 2.73 bits per heavy atom. The third kappa shape index (κ3) is 2.17. The quantitative estimate of drug-likeness (QED) is 0.549. The number of carbonyl (C=O) groups is 1. The third-order valence-electron chi connectivity index (χ3n) is 1.56. The van der Waals surface area contributed by atoms with Gasteiger partial charge in [-0.1, -0.05) is 13.8 Å². The van der Waals surface area contributed by atoms with Crippen molar-refractivity contribution in [2.75, 3.05) is 0 Å². The van der Waals surface area contributed by atoms with Gasteiger partial charge in [0.1, 0.15) is 6.04 Å². The summed E-state index contributed by atoms with van der Waals surface area (Å²) in [7, 11) is 0. The molecule has 0 amide bonds. The van der Waals surface area contributed by atoms with Crippen LogP contribution in [0, 0.1) is 5.92 Å². The number of ether oxygens (including phenoxy) is 1. The lowest BCUT2D eigenvalue weighted by atomic mass is 10.0. The fourth-order valence-corrected chi connectivity index (χ4v) is 1.10. The lowest BCUT2D eigenvalue weighted by Crippen LogP contribution is -2.32. The highest BCUT2D eigenvalue weighted by atomic mass is 16.7. The first-order valence-corrected chi connectivity index (χ1v) is 3.74. The minimum atomic E-state index is -1.11. The van der Waals surface area contributed by atoms with Crippen molar-refractivity contribution in [3.63, 3.8) is 0 Å². The average Bonchev–Trinajstić information content (AvgIpc) is 2.09. The predicted octanol–water partition coefficient (Wildman–Crippen LogP) is -0.177. The molecule has 64 valence electrons. The number of carbonyl (C=O) groups excluding carboxylic acids is 1. The van der Waals surface area contributed by atoms with E-state index in [0.717, 1.165) is 0 Å². The normalized spacial score (nSPS) is 31.1. The Morgan fingerprint density at radius 2 is 2.36 bits per heavy atom. The van der Waals surface area contributed by atoms with Crippen molar-refractivity contribution < 1.29 is 14.6 Å². The number of hydrogen-bond acceptors (Lipinski definition) is 4. The summed E-state index contributed by atoms with van der Waals surface area (Å²) in [5.41, 5.74) is 0. The molecule has 2 atom stereocenters. The number of aliphatic hydroxyl groups is 1. The van der Waals surface area contributed by atoms with Crippen LogP contribution in [0.15, 0.2) is 0 Å². The molecule has 11 heavy (non-hydrogen) atoms. The highest BCUT2D eigenvalue weighted by Gasteiger charge is 2.32. The van der Waals surface area contributed by atoms with Crippen LogP contribution in [-0.4, -0.2) is 23.5 Å². The molecule has 1 heterocycles. The van der Waals surface area contributed by atoms with Crippen LogP contribution in [0.2, 0.25) is 0 Å². The van der Waals surface area contributed by atoms with Crippen LogP contribution in [-0.2, 0) is 9.53 Å². The zero-order chi connectivity index (χ0) is 8.43. The Kier molecular flexibility index (Phi) is 2.46. The summed E-state index contributed by atoms with van der Waals surface area (Å²) in [5, 5.41) is 11.4. The zero-order valence-electron chi connectivity index (χ0n) is 6.70. The van der Waals surface area contributed by atoms with E-state index in [1.807, 2.05) is 13.8 Å². The Labute approximate surface area is 65.5 Å². The Bertz CT molecular complexity index is 158. The minimum absolute atomic E-state index is 0.329. The largest absolute Gasteiger partial charge is 0.421 e. The number of rotatable bonds is 2. The van der Waals surface area contributed by atoms with Crippen LogP contribution in [0.1, 0.15) is 20.3 Å². The summed E-state index contributed by atoms with van der Waals surface area (Å²) in [5.74, 6) is 0.0663. The minimum Gasteiger partial charge on any atom is -0.421 e. The highest BCUT2D eigenvalue weighted by molar-refractivity contribution is 5.77. The molecule has 0 spiro atoms. The Hall–Kier alpha value is -0.610. The van der Waals surface area contributed by atoms with Gasteiger partial charge in [0.05, 0.1) is 0 Å². The van der Waals surface area contributed by atoms with Gasteiger partial charge < -0.3 is 9.84 Å². The molecule has 4 heteroatoms. The van der Waals surface area contributed by atoms with Gasteiger partial charge in [-0.05, 0) is 12.3 Å². The van der Waals surface area contributed by atoms with Crippen molar-refractivity contribution in [3.8, 4) is 0 Å². The van der Waals surface area contributed by atoms with Gasteiger partial charge in [0.25, 0.3) is 6.41 Å². The van der Waals surface area contributed by atoms with E-state index in [1.54, 1.807) is 0 Å². The van der Waals surface area contributed by atoms with Crippen molar-refractivity contribution in [3.05, 3.63) is 0 Å². The maximum Gasteiger partial charge on any atom is 0.326 e. The van der Waals surface area contributed by atoms with Crippen LogP contribution in [0.5, 0.6) is 0 Å². The highest BCUT2D eigenvalue weighted by Crippen LogP contribution is 2.11. The van der Waals surface area contributed by atoms with E-state index in [9.17, 15) is 4.79 Å².